The van der Waals surface area contributed by atoms with Crippen LogP contribution in [0.3, 0.4) is 0 Å². The van der Waals surface area contributed by atoms with Crippen molar-refractivity contribution in [3.8, 4) is 0 Å². The molecule has 0 saturated heterocycles. The zero-order chi connectivity index (χ0) is 22.3. The predicted molar refractivity (Wildman–Crippen MR) is 107 cm³/mol. The summed E-state index contributed by atoms with van der Waals surface area (Å²) < 4.78 is 32.3. The second-order valence-electron chi connectivity index (χ2n) is 6.81. The Bertz CT molecular complexity index is 897. The zero-order valence-corrected chi connectivity index (χ0v) is 16.8. The van der Waals surface area contributed by atoms with Crippen LogP contribution < -0.4 is 16.0 Å². The van der Waals surface area contributed by atoms with Gasteiger partial charge in [-0.25, -0.2) is 18.4 Å². The highest BCUT2D eigenvalue weighted by atomic mass is 19.1. The molecule has 30 heavy (non-hydrogen) atoms. The molecular weight excluding hydrogens is 396 g/mol. The lowest BCUT2D eigenvalue weighted by atomic mass is 10.1. The standard InChI is InChI=1S/C21H23F2N3O4/c1-12(2)25-21(29)24-11-14-7-9-15(10-8-14)20(28)30-13(3)19(27)26-18-16(22)5-4-6-17(18)23/h4-10,12-13H,11H2,1-3H3,(H,26,27)(H2,24,25,29)/t13-/m0/s1. The largest absolute Gasteiger partial charge is 0.449 e. The van der Waals surface area contributed by atoms with E-state index < -0.39 is 35.3 Å². The van der Waals surface area contributed by atoms with Crippen LogP contribution in [0.15, 0.2) is 42.5 Å². The average molecular weight is 419 g/mol. The molecule has 3 amide bonds. The van der Waals surface area contributed by atoms with Crippen LogP contribution in [-0.2, 0) is 16.1 Å². The number of carbonyl (C=O) groups is 3. The van der Waals surface area contributed by atoms with Crippen LogP contribution in [0.4, 0.5) is 19.3 Å². The number of benzene rings is 2. The Labute approximate surface area is 172 Å². The molecular formula is C21H23F2N3O4. The summed E-state index contributed by atoms with van der Waals surface area (Å²) in [5.41, 5.74) is 0.331. The van der Waals surface area contributed by atoms with Crippen molar-refractivity contribution >= 4 is 23.6 Å². The first kappa shape index (κ1) is 22.8. The molecule has 160 valence electrons. The Kier molecular flexibility index (Phi) is 7.85. The molecule has 7 nitrogen and oxygen atoms in total. The Hall–Kier alpha value is -3.49. The summed E-state index contributed by atoms with van der Waals surface area (Å²) in [5, 5.41) is 7.44. The monoisotopic (exact) mass is 419 g/mol. The Balaban J connectivity index is 1.90. The van der Waals surface area contributed by atoms with Gasteiger partial charge in [0.05, 0.1) is 5.56 Å². The number of para-hydroxylation sites is 1. The van der Waals surface area contributed by atoms with Crippen LogP contribution in [0.25, 0.3) is 0 Å². The first-order valence-electron chi connectivity index (χ1n) is 9.26. The summed E-state index contributed by atoms with van der Waals surface area (Å²) in [6.45, 7) is 5.24. The number of amides is 3. The highest BCUT2D eigenvalue weighted by molar-refractivity contribution is 5.97. The van der Waals surface area contributed by atoms with E-state index in [0.717, 1.165) is 17.7 Å². The SMILES string of the molecule is CC(C)NC(=O)NCc1ccc(C(=O)O[C@@H](C)C(=O)Nc2c(F)cccc2F)cc1. The van der Waals surface area contributed by atoms with E-state index in [2.05, 4.69) is 16.0 Å². The van der Waals surface area contributed by atoms with Gasteiger partial charge < -0.3 is 20.7 Å². The summed E-state index contributed by atoms with van der Waals surface area (Å²) >= 11 is 0. The molecule has 0 heterocycles. The van der Waals surface area contributed by atoms with E-state index >= 15 is 0 Å². The van der Waals surface area contributed by atoms with E-state index in [9.17, 15) is 23.2 Å². The molecule has 0 fully saturated rings. The lowest BCUT2D eigenvalue weighted by Crippen LogP contribution is -2.39. The van der Waals surface area contributed by atoms with E-state index in [4.69, 9.17) is 4.74 Å². The Morgan fingerprint density at radius 2 is 1.57 bits per heavy atom. The Morgan fingerprint density at radius 3 is 2.13 bits per heavy atom. The molecule has 0 aromatic heterocycles. The molecule has 0 unspecified atom stereocenters. The molecule has 0 spiro atoms. The van der Waals surface area contributed by atoms with Gasteiger partial charge in [0.2, 0.25) is 0 Å². The van der Waals surface area contributed by atoms with Crippen molar-refractivity contribution < 1.29 is 27.9 Å². The number of halogens is 2. The molecule has 3 N–H and O–H groups in total. The third-order valence-electron chi connectivity index (χ3n) is 3.93. The fourth-order valence-electron chi connectivity index (χ4n) is 2.38. The Morgan fingerprint density at radius 1 is 0.967 bits per heavy atom. The van der Waals surface area contributed by atoms with Crippen molar-refractivity contribution in [1.29, 1.82) is 0 Å². The molecule has 1 atom stereocenters. The van der Waals surface area contributed by atoms with Crippen LogP contribution in [0.2, 0.25) is 0 Å². The van der Waals surface area contributed by atoms with Crippen LogP contribution in [0, 0.1) is 11.6 Å². The molecule has 2 aromatic carbocycles. The number of anilines is 1. The van der Waals surface area contributed by atoms with Crippen LogP contribution in [-0.4, -0.2) is 30.1 Å². The molecule has 0 bridgehead atoms. The molecule has 0 aliphatic heterocycles. The van der Waals surface area contributed by atoms with Crippen LogP contribution >= 0.6 is 0 Å². The van der Waals surface area contributed by atoms with Crippen LogP contribution in [0.5, 0.6) is 0 Å². The van der Waals surface area contributed by atoms with Crippen molar-refractivity contribution in [1.82, 2.24) is 10.6 Å². The summed E-state index contributed by atoms with van der Waals surface area (Å²) in [6, 6.07) is 9.10. The second-order valence-corrected chi connectivity index (χ2v) is 6.81. The fraction of sp³-hybridized carbons (Fsp3) is 0.286. The first-order chi connectivity index (χ1) is 14.2. The predicted octanol–water partition coefficient (Wildman–Crippen LogP) is 3.36. The number of rotatable bonds is 7. The molecule has 0 aliphatic rings. The van der Waals surface area contributed by atoms with Gasteiger partial charge in [-0.1, -0.05) is 18.2 Å². The van der Waals surface area contributed by atoms with Gasteiger partial charge in [-0.15, -0.1) is 0 Å². The topological polar surface area (TPSA) is 96.5 Å². The maximum Gasteiger partial charge on any atom is 0.338 e. The van der Waals surface area contributed by atoms with E-state index in [1.165, 1.54) is 25.1 Å². The van der Waals surface area contributed by atoms with Crippen molar-refractivity contribution in [2.75, 3.05) is 5.32 Å². The summed E-state index contributed by atoms with van der Waals surface area (Å²) in [4.78, 5) is 35.9. The highest BCUT2D eigenvalue weighted by Gasteiger charge is 2.21. The maximum absolute atomic E-state index is 13.6. The lowest BCUT2D eigenvalue weighted by molar-refractivity contribution is -0.123. The molecule has 0 aliphatic carbocycles. The third kappa shape index (κ3) is 6.54. The number of urea groups is 1. The summed E-state index contributed by atoms with van der Waals surface area (Å²) in [5.74, 6) is -3.52. The van der Waals surface area contributed by atoms with E-state index in [0.29, 0.717) is 0 Å². The molecule has 2 aromatic rings. The van der Waals surface area contributed by atoms with Gasteiger partial charge in [0.25, 0.3) is 5.91 Å². The summed E-state index contributed by atoms with van der Waals surface area (Å²) in [6.07, 6.45) is -1.28. The average Bonchev–Trinajstić information content (AvgIpc) is 2.69. The summed E-state index contributed by atoms with van der Waals surface area (Å²) in [7, 11) is 0. The molecule has 9 heteroatoms. The van der Waals surface area contributed by atoms with Crippen molar-refractivity contribution in [2.24, 2.45) is 0 Å². The minimum Gasteiger partial charge on any atom is -0.449 e. The normalized spacial score (nSPS) is 11.5. The quantitative estimate of drug-likeness (QED) is 0.600. The van der Waals surface area contributed by atoms with E-state index in [-0.39, 0.29) is 24.2 Å². The molecule has 2 rings (SSSR count). The number of nitrogens with one attached hydrogen (secondary N) is 3. The molecule has 0 radical (unpaired) electrons. The van der Waals surface area contributed by atoms with Gasteiger partial charge in [-0.05, 0) is 50.6 Å². The zero-order valence-electron chi connectivity index (χ0n) is 16.8. The van der Waals surface area contributed by atoms with Crippen molar-refractivity contribution in [3.63, 3.8) is 0 Å². The van der Waals surface area contributed by atoms with Crippen LogP contribution in [0.1, 0.15) is 36.7 Å². The molecule has 0 saturated carbocycles. The van der Waals surface area contributed by atoms with Crippen molar-refractivity contribution in [2.45, 2.75) is 39.5 Å². The lowest BCUT2D eigenvalue weighted by Gasteiger charge is -2.14. The van der Waals surface area contributed by atoms with Gasteiger partial charge in [0, 0.05) is 12.6 Å². The fourth-order valence-corrected chi connectivity index (χ4v) is 2.38. The highest BCUT2D eigenvalue weighted by Crippen LogP contribution is 2.18. The van der Waals surface area contributed by atoms with Gasteiger partial charge in [-0.2, -0.15) is 0 Å². The van der Waals surface area contributed by atoms with E-state index in [1.807, 2.05) is 13.8 Å². The number of hydrogen-bond donors (Lipinski definition) is 3. The minimum absolute atomic E-state index is 0.0104. The van der Waals surface area contributed by atoms with Gasteiger partial charge in [0.15, 0.2) is 6.10 Å². The maximum atomic E-state index is 13.6. The first-order valence-corrected chi connectivity index (χ1v) is 9.26. The van der Waals surface area contributed by atoms with Crippen molar-refractivity contribution in [3.05, 3.63) is 65.2 Å². The van der Waals surface area contributed by atoms with E-state index in [1.54, 1.807) is 12.1 Å². The van der Waals surface area contributed by atoms with Gasteiger partial charge in [0.1, 0.15) is 17.3 Å². The number of ether oxygens (including phenoxy) is 1. The number of carbonyl (C=O) groups excluding carboxylic acids is 3. The van der Waals surface area contributed by atoms with Gasteiger partial charge >= 0.3 is 12.0 Å². The smallest absolute Gasteiger partial charge is 0.338 e. The van der Waals surface area contributed by atoms with Gasteiger partial charge in [-0.3, -0.25) is 4.79 Å². The number of hydrogen-bond acceptors (Lipinski definition) is 4. The minimum atomic E-state index is -1.28. The number of esters is 1. The second kappa shape index (κ2) is 10.3. The third-order valence-corrected chi connectivity index (χ3v) is 3.93.